The van der Waals surface area contributed by atoms with E-state index in [-0.39, 0.29) is 19.0 Å². The van der Waals surface area contributed by atoms with Gasteiger partial charge in [-0.2, -0.15) is 11.8 Å². The lowest BCUT2D eigenvalue weighted by Crippen LogP contribution is -2.62. The van der Waals surface area contributed by atoms with Crippen LogP contribution in [0, 0.1) is 0 Å². The van der Waals surface area contributed by atoms with Crippen LogP contribution in [0.25, 0.3) is 0 Å². The molecule has 244 valence electrons. The van der Waals surface area contributed by atoms with Crippen molar-refractivity contribution >= 4 is 47.7 Å². The van der Waals surface area contributed by atoms with Gasteiger partial charge in [-0.3, -0.25) is 19.2 Å². The quantitative estimate of drug-likeness (QED) is 0.125. The molecule has 1 amide bonds. The molecule has 6 atom stereocenters. The lowest BCUT2D eigenvalue weighted by molar-refractivity contribution is -0.305. The van der Waals surface area contributed by atoms with E-state index in [9.17, 15) is 28.8 Å². The molecule has 3 unspecified atom stereocenters. The number of rotatable bonds is 14. The van der Waals surface area contributed by atoms with Crippen molar-refractivity contribution in [3.63, 3.8) is 0 Å². The van der Waals surface area contributed by atoms with E-state index < -0.39 is 78.3 Å². The highest BCUT2D eigenvalue weighted by atomic mass is 32.2. The zero-order valence-electron chi connectivity index (χ0n) is 25.6. The topological polar surface area (TPSA) is 188 Å². The highest BCUT2D eigenvalue weighted by Gasteiger charge is 2.52. The number of carbonyl (C=O) groups excluding carboxylic acids is 6. The second-order valence-corrected chi connectivity index (χ2v) is 11.2. The second-order valence-electron chi connectivity index (χ2n) is 10.1. The van der Waals surface area contributed by atoms with Crippen LogP contribution in [0.3, 0.4) is 0 Å². The Hall–Kier alpha value is -3.37. The van der Waals surface area contributed by atoms with Crippen LogP contribution >= 0.6 is 11.8 Å². The SMILES string of the molecule is COC(=O)[C@H](CSC/C=C/CO[C@@H]1OC(COC(C)=O)[C@@H](OC(C)=O)C(OC(C)=O)C1OC(C)=O)NC(=O)OC(C)(C)C. The Kier molecular flexibility index (Phi) is 16.1. The van der Waals surface area contributed by atoms with Crippen LogP contribution in [-0.4, -0.2) is 110 Å². The molecule has 1 rings (SSSR count). The maximum atomic E-state index is 12.1. The number of ether oxygens (including phenoxy) is 8. The predicted octanol–water partition coefficient (Wildman–Crippen LogP) is 1.44. The van der Waals surface area contributed by atoms with E-state index in [0.717, 1.165) is 20.8 Å². The third-order valence-corrected chi connectivity index (χ3v) is 6.14. The Morgan fingerprint density at radius 1 is 0.860 bits per heavy atom. The van der Waals surface area contributed by atoms with Crippen LogP contribution < -0.4 is 5.32 Å². The van der Waals surface area contributed by atoms with Crippen molar-refractivity contribution in [1.29, 1.82) is 0 Å². The first kappa shape index (κ1) is 37.7. The van der Waals surface area contributed by atoms with E-state index >= 15 is 0 Å². The summed E-state index contributed by atoms with van der Waals surface area (Å²) < 4.78 is 42.6. The number of methoxy groups -OCH3 is 1. The Bertz CT molecular complexity index is 1010. The lowest BCUT2D eigenvalue weighted by atomic mass is 9.98. The number of hydrogen-bond acceptors (Lipinski definition) is 15. The molecule has 0 spiro atoms. The minimum absolute atomic E-state index is 0.0646. The third kappa shape index (κ3) is 15.1. The highest BCUT2D eigenvalue weighted by Crippen LogP contribution is 2.30. The van der Waals surface area contributed by atoms with Crippen LogP contribution in [0.4, 0.5) is 4.79 Å². The highest BCUT2D eigenvalue weighted by molar-refractivity contribution is 7.99. The lowest BCUT2D eigenvalue weighted by Gasteiger charge is -2.43. The molecule has 16 heteroatoms. The summed E-state index contributed by atoms with van der Waals surface area (Å²) in [5.74, 6) is -2.90. The molecule has 1 fully saturated rings. The van der Waals surface area contributed by atoms with Gasteiger partial charge in [-0.15, -0.1) is 0 Å². The van der Waals surface area contributed by atoms with Gasteiger partial charge < -0.3 is 43.2 Å². The number of hydrogen-bond donors (Lipinski definition) is 1. The van der Waals surface area contributed by atoms with E-state index in [1.807, 2.05) is 0 Å². The van der Waals surface area contributed by atoms with Gasteiger partial charge in [0.25, 0.3) is 0 Å². The van der Waals surface area contributed by atoms with Gasteiger partial charge in [-0.1, -0.05) is 12.2 Å². The zero-order chi connectivity index (χ0) is 32.7. The molecule has 0 aromatic heterocycles. The minimum Gasteiger partial charge on any atom is -0.467 e. The van der Waals surface area contributed by atoms with Gasteiger partial charge in [0, 0.05) is 39.2 Å². The molecular formula is C27H41NO14S. The van der Waals surface area contributed by atoms with E-state index in [0.29, 0.717) is 5.75 Å². The molecule has 0 aliphatic carbocycles. The summed E-state index contributed by atoms with van der Waals surface area (Å²) in [6, 6.07) is -0.938. The number of thioether (sulfide) groups is 1. The fraction of sp³-hybridized carbons (Fsp3) is 0.704. The van der Waals surface area contributed by atoms with Crippen LogP contribution in [0.2, 0.25) is 0 Å². The van der Waals surface area contributed by atoms with Gasteiger partial charge in [0.1, 0.15) is 24.4 Å². The van der Waals surface area contributed by atoms with Crippen molar-refractivity contribution in [2.75, 3.05) is 31.8 Å². The van der Waals surface area contributed by atoms with Gasteiger partial charge in [0.05, 0.1) is 13.7 Å². The molecule has 15 nitrogen and oxygen atoms in total. The Balaban J connectivity index is 2.91. The van der Waals surface area contributed by atoms with E-state index in [1.54, 1.807) is 32.9 Å². The fourth-order valence-electron chi connectivity index (χ4n) is 3.62. The van der Waals surface area contributed by atoms with Gasteiger partial charge in [-0.05, 0) is 20.8 Å². The van der Waals surface area contributed by atoms with Crippen molar-refractivity contribution < 1.29 is 66.7 Å². The molecule has 1 aliphatic rings. The Labute approximate surface area is 254 Å². The average molecular weight is 636 g/mol. The second kappa shape index (κ2) is 18.3. The summed E-state index contributed by atoms with van der Waals surface area (Å²) in [5, 5.41) is 2.48. The summed E-state index contributed by atoms with van der Waals surface area (Å²) in [6.07, 6.45) is -3.79. The Morgan fingerprint density at radius 3 is 1.98 bits per heavy atom. The molecule has 1 aliphatic heterocycles. The minimum atomic E-state index is -1.34. The largest absolute Gasteiger partial charge is 0.467 e. The van der Waals surface area contributed by atoms with Crippen molar-refractivity contribution in [3.05, 3.63) is 12.2 Å². The normalized spacial score (nSPS) is 22.6. The van der Waals surface area contributed by atoms with Crippen molar-refractivity contribution in [1.82, 2.24) is 5.32 Å². The van der Waals surface area contributed by atoms with Crippen LogP contribution in [0.15, 0.2) is 12.2 Å². The maximum absolute atomic E-state index is 12.1. The molecule has 0 aromatic rings. The molecule has 1 N–H and O–H groups in total. The Morgan fingerprint density at radius 2 is 1.44 bits per heavy atom. The number of alkyl carbamates (subject to hydrolysis) is 1. The van der Waals surface area contributed by atoms with E-state index in [1.165, 1.54) is 25.8 Å². The molecule has 0 bridgehead atoms. The molecule has 0 aromatic carbocycles. The smallest absolute Gasteiger partial charge is 0.408 e. The van der Waals surface area contributed by atoms with Crippen molar-refractivity contribution in [3.8, 4) is 0 Å². The zero-order valence-corrected chi connectivity index (χ0v) is 26.4. The number of nitrogens with one attached hydrogen (secondary N) is 1. The summed E-state index contributed by atoms with van der Waals surface area (Å²) in [4.78, 5) is 71.2. The van der Waals surface area contributed by atoms with Gasteiger partial charge in [-0.25, -0.2) is 9.59 Å². The molecule has 0 radical (unpaired) electrons. The molecule has 1 heterocycles. The van der Waals surface area contributed by atoms with E-state index in [2.05, 4.69) is 5.32 Å². The predicted molar refractivity (Wildman–Crippen MR) is 150 cm³/mol. The maximum Gasteiger partial charge on any atom is 0.408 e. The van der Waals surface area contributed by atoms with Crippen LogP contribution in [0.1, 0.15) is 48.5 Å². The molecule has 43 heavy (non-hydrogen) atoms. The fourth-order valence-corrected chi connectivity index (χ4v) is 4.49. The van der Waals surface area contributed by atoms with Crippen molar-refractivity contribution in [2.24, 2.45) is 0 Å². The first-order valence-corrected chi connectivity index (χ1v) is 14.4. The number of esters is 5. The monoisotopic (exact) mass is 635 g/mol. The van der Waals surface area contributed by atoms with Crippen LogP contribution in [-0.2, 0) is 61.9 Å². The van der Waals surface area contributed by atoms with Gasteiger partial charge >= 0.3 is 35.9 Å². The molecular weight excluding hydrogens is 594 g/mol. The van der Waals surface area contributed by atoms with Gasteiger partial charge in [0.2, 0.25) is 0 Å². The first-order valence-electron chi connectivity index (χ1n) is 13.3. The summed E-state index contributed by atoms with van der Waals surface area (Å²) in [7, 11) is 1.21. The number of amides is 1. The van der Waals surface area contributed by atoms with Crippen molar-refractivity contribution in [2.45, 2.75) is 90.8 Å². The summed E-state index contributed by atoms with van der Waals surface area (Å²) >= 11 is 1.31. The standard InChI is InChI=1S/C27H41NO14S/c1-15(29)37-13-20-21(38-16(2)30)22(39-17(3)31)23(40-18(4)32)25(41-20)36-11-9-10-12-43-14-19(24(33)35-8)28-26(34)42-27(5,6)7/h9-10,19-23,25H,11-14H2,1-8H3,(H,28,34)/b10-9+/t19-,20?,21+,22?,23?,25+/m0/s1. The number of carbonyl (C=O) groups is 6. The molecule has 1 saturated heterocycles. The van der Waals surface area contributed by atoms with Gasteiger partial charge in [0.15, 0.2) is 24.6 Å². The third-order valence-electron chi connectivity index (χ3n) is 5.15. The average Bonchev–Trinajstić information content (AvgIpc) is 2.86. The van der Waals surface area contributed by atoms with E-state index in [4.69, 9.17) is 37.9 Å². The van der Waals surface area contributed by atoms with Crippen LogP contribution in [0.5, 0.6) is 0 Å². The summed E-state index contributed by atoms with van der Waals surface area (Å²) in [5.41, 5.74) is -0.739. The first-order chi connectivity index (χ1) is 20.0. The summed E-state index contributed by atoms with van der Waals surface area (Å²) in [6.45, 7) is 9.20. The molecule has 0 saturated carbocycles.